The van der Waals surface area contributed by atoms with E-state index in [1.165, 1.54) is 19.1 Å². The first-order valence-corrected chi connectivity index (χ1v) is 10.3. The molecule has 0 aliphatic carbocycles. The highest BCUT2D eigenvalue weighted by Gasteiger charge is 2.82. The van der Waals surface area contributed by atoms with E-state index in [9.17, 15) is 44.3 Å². The van der Waals surface area contributed by atoms with Crippen LogP contribution in [0.15, 0.2) is 66.2 Å². The lowest BCUT2D eigenvalue weighted by atomic mass is 9.76. The Morgan fingerprint density at radius 2 is 1.26 bits per heavy atom. The first kappa shape index (κ1) is 26.6. The number of benzene rings is 2. The second kappa shape index (κ2) is 8.60. The zero-order valence-corrected chi connectivity index (χ0v) is 18.4. The predicted molar refractivity (Wildman–Crippen MR) is 110 cm³/mol. The molecule has 0 radical (unpaired) electrons. The summed E-state index contributed by atoms with van der Waals surface area (Å²) in [5.41, 5.74) is -1.66. The molecule has 1 aliphatic heterocycles. The number of alkyl halides is 9. The van der Waals surface area contributed by atoms with Crippen LogP contribution in [0.5, 0.6) is 0 Å². The Bertz CT molecular complexity index is 1110. The number of rotatable bonds is 7. The van der Waals surface area contributed by atoms with Crippen molar-refractivity contribution < 1.29 is 44.3 Å². The summed E-state index contributed by atoms with van der Waals surface area (Å²) in [6, 6.07) is 16.0. The molecule has 35 heavy (non-hydrogen) atoms. The fourth-order valence-corrected chi connectivity index (χ4v) is 4.08. The van der Waals surface area contributed by atoms with Gasteiger partial charge in [0.2, 0.25) is 5.91 Å². The van der Waals surface area contributed by atoms with E-state index in [-0.39, 0.29) is 17.8 Å². The molecule has 2 aromatic carbocycles. The largest absolute Gasteiger partial charge is 0.460 e. The van der Waals surface area contributed by atoms with Crippen molar-refractivity contribution in [3.8, 4) is 0 Å². The number of carbonyl (C=O) groups excluding carboxylic acids is 1. The van der Waals surface area contributed by atoms with Crippen LogP contribution >= 0.6 is 0 Å². The average molecular weight is 509 g/mol. The molecule has 2 aromatic rings. The van der Waals surface area contributed by atoms with Crippen molar-refractivity contribution in [2.24, 2.45) is 5.41 Å². The van der Waals surface area contributed by atoms with Crippen molar-refractivity contribution in [3.63, 3.8) is 0 Å². The van der Waals surface area contributed by atoms with E-state index in [1.54, 1.807) is 48.5 Å². The molecule has 1 aliphatic rings. The normalized spacial score (nSPS) is 20.1. The minimum absolute atomic E-state index is 0.0867. The van der Waals surface area contributed by atoms with Gasteiger partial charge in [0.15, 0.2) is 0 Å². The Balaban J connectivity index is 2.10. The van der Waals surface area contributed by atoms with Gasteiger partial charge < -0.3 is 4.90 Å². The zero-order valence-electron chi connectivity index (χ0n) is 18.4. The summed E-state index contributed by atoms with van der Waals surface area (Å²) >= 11 is 0. The molecule has 0 saturated heterocycles. The van der Waals surface area contributed by atoms with Crippen LogP contribution in [0.2, 0.25) is 0 Å². The second-order valence-electron chi connectivity index (χ2n) is 8.58. The molecule has 0 saturated carbocycles. The van der Waals surface area contributed by atoms with Crippen LogP contribution < -0.4 is 0 Å². The molecule has 0 N–H and O–H groups in total. The topological polar surface area (TPSA) is 20.3 Å². The standard InChI is InChI=1S/C24H20F9NO/c1-15-18(17-11-7-4-8-12-17)34(13-16-9-5-3-6-10-16)19(35)20(15,2)14-21(25,26)22(27,28)23(29,30)24(31,32)33/h3-12H,13-14H2,1-2H3. The predicted octanol–water partition coefficient (Wildman–Crippen LogP) is 7.32. The van der Waals surface area contributed by atoms with Crippen molar-refractivity contribution >= 4 is 11.6 Å². The van der Waals surface area contributed by atoms with Gasteiger partial charge in [-0.1, -0.05) is 60.7 Å². The van der Waals surface area contributed by atoms with Gasteiger partial charge in [-0.15, -0.1) is 0 Å². The summed E-state index contributed by atoms with van der Waals surface area (Å²) in [6.07, 6.45) is -9.19. The molecular formula is C24H20F9NO. The van der Waals surface area contributed by atoms with Crippen LogP contribution in [0.3, 0.4) is 0 Å². The number of nitrogens with zero attached hydrogens (tertiary/aromatic N) is 1. The molecule has 0 spiro atoms. The van der Waals surface area contributed by atoms with Gasteiger partial charge in [0.05, 0.1) is 17.7 Å². The van der Waals surface area contributed by atoms with Gasteiger partial charge in [-0.2, -0.15) is 39.5 Å². The van der Waals surface area contributed by atoms with E-state index < -0.39 is 41.7 Å². The molecule has 0 bridgehead atoms. The van der Waals surface area contributed by atoms with Crippen LogP contribution in [-0.4, -0.2) is 34.8 Å². The third-order valence-corrected chi connectivity index (χ3v) is 6.19. The lowest BCUT2D eigenvalue weighted by Crippen LogP contribution is -2.62. The summed E-state index contributed by atoms with van der Waals surface area (Å²) in [4.78, 5) is 14.4. The summed E-state index contributed by atoms with van der Waals surface area (Å²) < 4.78 is 122. The summed E-state index contributed by atoms with van der Waals surface area (Å²) in [5.74, 6) is -20.8. The summed E-state index contributed by atoms with van der Waals surface area (Å²) in [6.45, 7) is 1.87. The highest BCUT2D eigenvalue weighted by molar-refractivity contribution is 6.00. The molecule has 2 nitrogen and oxygen atoms in total. The smallest absolute Gasteiger partial charge is 0.307 e. The van der Waals surface area contributed by atoms with Crippen molar-refractivity contribution in [1.82, 2.24) is 4.90 Å². The zero-order chi connectivity index (χ0) is 26.4. The van der Waals surface area contributed by atoms with Crippen molar-refractivity contribution in [3.05, 3.63) is 77.4 Å². The van der Waals surface area contributed by atoms with Gasteiger partial charge >= 0.3 is 23.9 Å². The SMILES string of the molecule is CC1=C(c2ccccc2)N(Cc2ccccc2)C(=O)C1(C)CC(F)(F)C(F)(F)C(F)(F)C(F)(F)F. The van der Waals surface area contributed by atoms with Gasteiger partial charge in [0, 0.05) is 6.42 Å². The number of hydrogen-bond donors (Lipinski definition) is 0. The quantitative estimate of drug-likeness (QED) is 0.358. The fourth-order valence-electron chi connectivity index (χ4n) is 4.08. The molecule has 11 heteroatoms. The summed E-state index contributed by atoms with van der Waals surface area (Å²) in [5, 5.41) is 0. The Labute approximate surface area is 195 Å². The van der Waals surface area contributed by atoms with Gasteiger partial charge in [0.1, 0.15) is 0 Å². The number of amides is 1. The Morgan fingerprint density at radius 1 is 0.771 bits per heavy atom. The lowest BCUT2D eigenvalue weighted by Gasteiger charge is -2.37. The molecular weight excluding hydrogens is 489 g/mol. The van der Waals surface area contributed by atoms with E-state index in [4.69, 9.17) is 0 Å². The van der Waals surface area contributed by atoms with Crippen molar-refractivity contribution in [1.29, 1.82) is 0 Å². The van der Waals surface area contributed by atoms with E-state index in [2.05, 4.69) is 0 Å². The molecule has 0 fully saturated rings. The number of carbonyl (C=O) groups is 1. The van der Waals surface area contributed by atoms with E-state index in [0.717, 1.165) is 11.8 Å². The maximum atomic E-state index is 14.6. The molecule has 1 atom stereocenters. The second-order valence-corrected chi connectivity index (χ2v) is 8.58. The molecule has 3 rings (SSSR count). The minimum Gasteiger partial charge on any atom is -0.307 e. The van der Waals surface area contributed by atoms with E-state index in [0.29, 0.717) is 11.1 Å². The van der Waals surface area contributed by atoms with Gasteiger partial charge in [-0.3, -0.25) is 4.79 Å². The first-order valence-electron chi connectivity index (χ1n) is 10.3. The lowest BCUT2D eigenvalue weighted by molar-refractivity contribution is -0.398. The van der Waals surface area contributed by atoms with Crippen LogP contribution in [-0.2, 0) is 11.3 Å². The van der Waals surface area contributed by atoms with Crippen molar-refractivity contribution in [2.45, 2.75) is 50.8 Å². The van der Waals surface area contributed by atoms with Crippen LogP contribution in [0.1, 0.15) is 31.4 Å². The maximum absolute atomic E-state index is 14.6. The number of hydrogen-bond acceptors (Lipinski definition) is 1. The molecule has 190 valence electrons. The Kier molecular flexibility index (Phi) is 6.54. The Hall–Kier alpha value is -2.98. The van der Waals surface area contributed by atoms with Crippen LogP contribution in [0, 0.1) is 5.41 Å². The minimum atomic E-state index is -7.02. The molecule has 0 aromatic heterocycles. The van der Waals surface area contributed by atoms with Crippen LogP contribution in [0.25, 0.3) is 5.70 Å². The van der Waals surface area contributed by atoms with Gasteiger partial charge in [-0.05, 0) is 30.5 Å². The molecule has 1 amide bonds. The first-order chi connectivity index (χ1) is 16.0. The highest BCUT2D eigenvalue weighted by Crippen LogP contribution is 2.58. The molecule has 1 heterocycles. The third kappa shape index (κ3) is 4.29. The van der Waals surface area contributed by atoms with Crippen LogP contribution in [0.4, 0.5) is 39.5 Å². The average Bonchev–Trinajstić information content (AvgIpc) is 2.94. The number of halogens is 9. The van der Waals surface area contributed by atoms with Gasteiger partial charge in [0.25, 0.3) is 0 Å². The van der Waals surface area contributed by atoms with E-state index in [1.807, 2.05) is 0 Å². The maximum Gasteiger partial charge on any atom is 0.460 e. The Morgan fingerprint density at radius 3 is 1.74 bits per heavy atom. The fraction of sp³-hybridized carbons (Fsp3) is 0.375. The third-order valence-electron chi connectivity index (χ3n) is 6.19. The highest BCUT2D eigenvalue weighted by atomic mass is 19.4. The van der Waals surface area contributed by atoms with Gasteiger partial charge in [-0.25, -0.2) is 0 Å². The monoisotopic (exact) mass is 509 g/mol. The van der Waals surface area contributed by atoms with Crippen molar-refractivity contribution in [2.75, 3.05) is 0 Å². The summed E-state index contributed by atoms with van der Waals surface area (Å²) in [7, 11) is 0. The van der Waals surface area contributed by atoms with E-state index >= 15 is 0 Å². The molecule has 1 unspecified atom stereocenters.